The van der Waals surface area contributed by atoms with Gasteiger partial charge in [-0.25, -0.2) is 0 Å². The highest BCUT2D eigenvalue weighted by Crippen LogP contribution is 2.32. The third kappa shape index (κ3) is 2.65. The average Bonchev–Trinajstić information content (AvgIpc) is 2.88. The quantitative estimate of drug-likeness (QED) is 0.599. The van der Waals surface area contributed by atoms with Gasteiger partial charge in [0.05, 0.1) is 18.6 Å². The van der Waals surface area contributed by atoms with E-state index in [-0.39, 0.29) is 17.4 Å². The van der Waals surface area contributed by atoms with Crippen LogP contribution in [0, 0.1) is 16.0 Å². The number of nitro groups is 1. The van der Waals surface area contributed by atoms with Gasteiger partial charge >= 0.3 is 17.4 Å². The summed E-state index contributed by atoms with van der Waals surface area (Å²) >= 11 is 0. The van der Waals surface area contributed by atoms with Gasteiger partial charge in [-0.1, -0.05) is 0 Å². The molecule has 1 aliphatic heterocycles. The zero-order valence-corrected chi connectivity index (χ0v) is 9.96. The lowest BCUT2D eigenvalue weighted by molar-refractivity contribution is -0.387. The van der Waals surface area contributed by atoms with Gasteiger partial charge in [0.25, 0.3) is 0 Å². The number of nitrogens with zero attached hydrogens (tertiary/aromatic N) is 3. The van der Waals surface area contributed by atoms with E-state index in [1.807, 2.05) is 0 Å². The molecule has 2 heterocycles. The Bertz CT molecular complexity index is 434. The predicted octanol–water partition coefficient (Wildman–Crippen LogP) is 0.382. The highest BCUT2D eigenvalue weighted by Gasteiger charge is 2.26. The molecule has 0 amide bonds. The van der Waals surface area contributed by atoms with Gasteiger partial charge in [0.1, 0.15) is 6.33 Å². The predicted molar refractivity (Wildman–Crippen MR) is 61.7 cm³/mol. The fourth-order valence-corrected chi connectivity index (χ4v) is 1.81. The molecule has 1 aliphatic rings. The maximum atomic E-state index is 11.0. The van der Waals surface area contributed by atoms with Crippen LogP contribution in [-0.4, -0.2) is 41.7 Å². The van der Waals surface area contributed by atoms with Crippen LogP contribution in [0.3, 0.4) is 0 Å². The second kappa shape index (κ2) is 5.58. The van der Waals surface area contributed by atoms with E-state index in [1.54, 1.807) is 0 Å². The smallest absolute Gasteiger partial charge is 0.392 e. The van der Waals surface area contributed by atoms with Crippen LogP contribution in [0.25, 0.3) is 0 Å². The van der Waals surface area contributed by atoms with Gasteiger partial charge in [0, 0.05) is 12.5 Å². The van der Waals surface area contributed by atoms with Crippen molar-refractivity contribution in [1.29, 1.82) is 0 Å². The summed E-state index contributed by atoms with van der Waals surface area (Å²) in [4.78, 5) is 17.8. The van der Waals surface area contributed by atoms with Gasteiger partial charge in [0.2, 0.25) is 0 Å². The molecular formula is C10H14N4O4. The first kappa shape index (κ1) is 12.5. The molecule has 98 valence electrons. The van der Waals surface area contributed by atoms with E-state index < -0.39 is 4.92 Å². The van der Waals surface area contributed by atoms with E-state index in [0.717, 1.165) is 19.5 Å². The van der Waals surface area contributed by atoms with Crippen molar-refractivity contribution in [3.63, 3.8) is 0 Å². The zero-order valence-electron chi connectivity index (χ0n) is 9.96. The van der Waals surface area contributed by atoms with Crippen LogP contribution < -0.4 is 14.8 Å². The largest absolute Gasteiger partial charge is 0.476 e. The van der Waals surface area contributed by atoms with Crippen molar-refractivity contribution in [3.8, 4) is 11.8 Å². The summed E-state index contributed by atoms with van der Waals surface area (Å²) in [6, 6.07) is 0. The summed E-state index contributed by atoms with van der Waals surface area (Å²) in [5.41, 5.74) is -0.328. The van der Waals surface area contributed by atoms with Crippen LogP contribution in [0.2, 0.25) is 0 Å². The van der Waals surface area contributed by atoms with E-state index in [1.165, 1.54) is 13.4 Å². The lowest BCUT2D eigenvalue weighted by atomic mass is 10.1. The Morgan fingerprint density at radius 3 is 2.94 bits per heavy atom. The number of hydrogen-bond donors (Lipinski definition) is 1. The highest BCUT2D eigenvalue weighted by molar-refractivity contribution is 5.48. The lowest BCUT2D eigenvalue weighted by Crippen LogP contribution is -2.16. The Morgan fingerprint density at radius 2 is 2.33 bits per heavy atom. The molecule has 0 saturated carbocycles. The third-order valence-corrected chi connectivity index (χ3v) is 2.75. The van der Waals surface area contributed by atoms with Crippen molar-refractivity contribution in [2.24, 2.45) is 5.92 Å². The number of ether oxygens (including phenoxy) is 2. The average molecular weight is 254 g/mol. The first-order valence-electron chi connectivity index (χ1n) is 5.59. The van der Waals surface area contributed by atoms with Crippen molar-refractivity contribution < 1.29 is 14.4 Å². The zero-order chi connectivity index (χ0) is 13.0. The number of methoxy groups -OCH3 is 1. The van der Waals surface area contributed by atoms with E-state index in [4.69, 9.17) is 9.47 Å². The Kier molecular flexibility index (Phi) is 3.88. The molecule has 0 radical (unpaired) electrons. The van der Waals surface area contributed by atoms with Gasteiger partial charge < -0.3 is 14.8 Å². The summed E-state index contributed by atoms with van der Waals surface area (Å²) in [5.74, 6) is 0.221. The first-order valence-corrected chi connectivity index (χ1v) is 5.59. The van der Waals surface area contributed by atoms with Crippen molar-refractivity contribution in [2.75, 3.05) is 26.8 Å². The first-order chi connectivity index (χ1) is 8.72. The summed E-state index contributed by atoms with van der Waals surface area (Å²) in [6.07, 6.45) is 2.18. The molecule has 1 aromatic heterocycles. The lowest BCUT2D eigenvalue weighted by Gasteiger charge is -2.10. The molecule has 1 saturated heterocycles. The van der Waals surface area contributed by atoms with E-state index in [0.29, 0.717) is 12.5 Å². The molecular weight excluding hydrogens is 240 g/mol. The molecule has 1 aromatic rings. The van der Waals surface area contributed by atoms with Gasteiger partial charge in [-0.2, -0.15) is 9.97 Å². The Labute approximate surface area is 103 Å². The maximum Gasteiger partial charge on any atom is 0.392 e. The molecule has 2 rings (SSSR count). The molecule has 1 fully saturated rings. The summed E-state index contributed by atoms with van der Waals surface area (Å²) < 4.78 is 10.2. The molecule has 0 aliphatic carbocycles. The second-order valence-electron chi connectivity index (χ2n) is 3.96. The second-order valence-corrected chi connectivity index (χ2v) is 3.96. The molecule has 8 heteroatoms. The molecule has 1 unspecified atom stereocenters. The van der Waals surface area contributed by atoms with Crippen LogP contribution >= 0.6 is 0 Å². The van der Waals surface area contributed by atoms with E-state index in [2.05, 4.69) is 15.3 Å². The Morgan fingerprint density at radius 1 is 1.56 bits per heavy atom. The minimum absolute atomic E-state index is 0.0428. The van der Waals surface area contributed by atoms with Gasteiger partial charge in [-0.15, -0.1) is 0 Å². The molecule has 1 atom stereocenters. The third-order valence-electron chi connectivity index (χ3n) is 2.75. The van der Waals surface area contributed by atoms with Crippen LogP contribution in [0.5, 0.6) is 11.8 Å². The van der Waals surface area contributed by atoms with Crippen molar-refractivity contribution >= 4 is 5.69 Å². The number of rotatable bonds is 5. The maximum absolute atomic E-state index is 11.0. The normalized spacial score (nSPS) is 18.6. The molecule has 8 nitrogen and oxygen atoms in total. The SMILES string of the molecule is COc1ncnc(OCC2CCNC2)c1[N+](=O)[O-]. The Hall–Kier alpha value is -1.96. The summed E-state index contributed by atoms with van der Waals surface area (Å²) in [5, 5.41) is 14.1. The van der Waals surface area contributed by atoms with Gasteiger partial charge in [-0.05, 0) is 13.0 Å². The monoisotopic (exact) mass is 254 g/mol. The van der Waals surface area contributed by atoms with E-state index >= 15 is 0 Å². The van der Waals surface area contributed by atoms with Gasteiger partial charge in [0.15, 0.2) is 0 Å². The number of nitrogens with one attached hydrogen (secondary N) is 1. The molecule has 0 bridgehead atoms. The van der Waals surface area contributed by atoms with Crippen LogP contribution in [-0.2, 0) is 0 Å². The molecule has 18 heavy (non-hydrogen) atoms. The summed E-state index contributed by atoms with van der Waals surface area (Å²) in [7, 11) is 1.32. The fourth-order valence-electron chi connectivity index (χ4n) is 1.81. The minimum atomic E-state index is -0.596. The van der Waals surface area contributed by atoms with Gasteiger partial charge in [-0.3, -0.25) is 10.1 Å². The van der Waals surface area contributed by atoms with Crippen molar-refractivity contribution in [3.05, 3.63) is 16.4 Å². The summed E-state index contributed by atoms with van der Waals surface area (Å²) in [6.45, 7) is 2.20. The van der Waals surface area contributed by atoms with Crippen molar-refractivity contribution in [2.45, 2.75) is 6.42 Å². The number of hydrogen-bond acceptors (Lipinski definition) is 7. The molecule has 0 aromatic carbocycles. The standard InChI is InChI=1S/C10H14N4O4/c1-17-9-8(14(15)16)10(13-6-12-9)18-5-7-2-3-11-4-7/h6-7,11H,2-5H2,1H3. The topological polar surface area (TPSA) is 99.4 Å². The minimum Gasteiger partial charge on any atom is -0.476 e. The van der Waals surface area contributed by atoms with Crippen molar-refractivity contribution in [1.82, 2.24) is 15.3 Å². The van der Waals surface area contributed by atoms with Crippen LogP contribution in [0.15, 0.2) is 6.33 Å². The highest BCUT2D eigenvalue weighted by atomic mass is 16.6. The Balaban J connectivity index is 2.13. The van der Waals surface area contributed by atoms with Crippen LogP contribution in [0.1, 0.15) is 6.42 Å². The van der Waals surface area contributed by atoms with E-state index in [9.17, 15) is 10.1 Å². The van der Waals surface area contributed by atoms with Crippen LogP contribution in [0.4, 0.5) is 5.69 Å². The molecule has 1 N–H and O–H groups in total. The molecule has 0 spiro atoms. The number of aromatic nitrogens is 2. The fraction of sp³-hybridized carbons (Fsp3) is 0.600.